The van der Waals surface area contributed by atoms with E-state index in [-0.39, 0.29) is 18.0 Å². The van der Waals surface area contributed by atoms with Gasteiger partial charge in [0.2, 0.25) is 5.95 Å². The highest BCUT2D eigenvalue weighted by atomic mass is 19.3. The van der Waals surface area contributed by atoms with Crippen molar-refractivity contribution in [2.45, 2.75) is 63.5 Å². The number of anilines is 1. The molecule has 0 aliphatic heterocycles. The van der Waals surface area contributed by atoms with E-state index in [1.54, 1.807) is 16.8 Å². The zero-order valence-electron chi connectivity index (χ0n) is 18.2. The van der Waals surface area contributed by atoms with Crippen LogP contribution in [0.5, 0.6) is 0 Å². The van der Waals surface area contributed by atoms with Crippen LogP contribution in [0.25, 0.3) is 11.2 Å². The molecule has 1 N–H and O–H groups in total. The lowest BCUT2D eigenvalue weighted by atomic mass is 9.93. The highest BCUT2D eigenvalue weighted by molar-refractivity contribution is 5.81. The number of rotatable bonds is 6. The molecule has 1 saturated carbocycles. The molecule has 0 bridgehead atoms. The highest BCUT2D eigenvalue weighted by Crippen LogP contribution is 2.31. The Bertz CT molecular complexity index is 1150. The van der Waals surface area contributed by atoms with Gasteiger partial charge in [-0.3, -0.25) is 0 Å². The highest BCUT2D eigenvalue weighted by Gasteiger charge is 2.24. The van der Waals surface area contributed by atoms with Crippen LogP contribution in [0.2, 0.25) is 0 Å². The van der Waals surface area contributed by atoms with Crippen molar-refractivity contribution < 1.29 is 17.9 Å². The fourth-order valence-electron chi connectivity index (χ4n) is 4.70. The second kappa shape index (κ2) is 9.51. The summed E-state index contributed by atoms with van der Waals surface area (Å²) in [6, 6.07) is 1.71. The number of aromatic nitrogens is 4. The monoisotopic (exact) mass is 457 g/mol. The Morgan fingerprint density at radius 3 is 2.85 bits per heavy atom. The van der Waals surface area contributed by atoms with Crippen LogP contribution in [-0.2, 0) is 11.2 Å². The number of aryl methyl sites for hydroxylation is 1. The lowest BCUT2D eigenvalue weighted by molar-refractivity contribution is -0.0374. The van der Waals surface area contributed by atoms with Gasteiger partial charge in [0.05, 0.1) is 11.8 Å². The van der Waals surface area contributed by atoms with E-state index in [4.69, 9.17) is 9.72 Å². The topological polar surface area (TPSA) is 64.3 Å². The minimum atomic E-state index is -2.42. The Hall–Kier alpha value is -2.94. The summed E-state index contributed by atoms with van der Waals surface area (Å²) in [7, 11) is 0. The summed E-state index contributed by atoms with van der Waals surface area (Å²) in [6.45, 7) is -0.496. The number of halogens is 3. The van der Waals surface area contributed by atoms with Crippen LogP contribution >= 0.6 is 0 Å². The molecule has 6 nitrogen and oxygen atoms in total. The SMILES string of the molecule is Fc1cc(C2=CCCCc3nc(NC4CCC(OCC(F)F)CC4)ncc32)cn2ccnc12. The number of hydrogen-bond acceptors (Lipinski definition) is 5. The van der Waals surface area contributed by atoms with Gasteiger partial charge in [-0.2, -0.15) is 0 Å². The molecule has 0 amide bonds. The molecule has 0 saturated heterocycles. The minimum absolute atomic E-state index is 0.106. The number of alkyl halides is 2. The Labute approximate surface area is 189 Å². The molecule has 1 fully saturated rings. The van der Waals surface area contributed by atoms with Gasteiger partial charge in [-0.25, -0.2) is 28.1 Å². The first-order valence-electron chi connectivity index (χ1n) is 11.4. The van der Waals surface area contributed by atoms with E-state index in [0.717, 1.165) is 67.3 Å². The largest absolute Gasteiger partial charge is 0.372 e. The van der Waals surface area contributed by atoms with Crippen molar-refractivity contribution in [1.29, 1.82) is 0 Å². The maximum atomic E-state index is 14.6. The van der Waals surface area contributed by atoms with Crippen molar-refractivity contribution in [3.63, 3.8) is 0 Å². The minimum Gasteiger partial charge on any atom is -0.372 e. The van der Waals surface area contributed by atoms with Crippen molar-refractivity contribution >= 4 is 17.2 Å². The number of imidazole rings is 1. The van der Waals surface area contributed by atoms with Gasteiger partial charge in [0, 0.05) is 42.0 Å². The van der Waals surface area contributed by atoms with Gasteiger partial charge < -0.3 is 14.5 Å². The van der Waals surface area contributed by atoms with Crippen molar-refractivity contribution in [2.24, 2.45) is 0 Å². The lowest BCUT2D eigenvalue weighted by Gasteiger charge is -2.29. The van der Waals surface area contributed by atoms with Gasteiger partial charge in [0.1, 0.15) is 6.61 Å². The first kappa shape index (κ1) is 21.9. The quantitative estimate of drug-likeness (QED) is 0.562. The van der Waals surface area contributed by atoms with Crippen molar-refractivity contribution in [3.8, 4) is 0 Å². The predicted molar refractivity (Wildman–Crippen MR) is 119 cm³/mol. The molecule has 174 valence electrons. The van der Waals surface area contributed by atoms with E-state index in [1.165, 1.54) is 6.07 Å². The fraction of sp³-hybridized carbons (Fsp3) is 0.458. The third kappa shape index (κ3) is 4.88. The molecule has 0 aromatic carbocycles. The summed E-state index contributed by atoms with van der Waals surface area (Å²) in [4.78, 5) is 13.4. The molecular weight excluding hydrogens is 431 g/mol. The fourth-order valence-corrected chi connectivity index (χ4v) is 4.70. The van der Waals surface area contributed by atoms with Crippen LogP contribution in [0.1, 0.15) is 55.3 Å². The van der Waals surface area contributed by atoms with E-state index < -0.39 is 13.0 Å². The Kier molecular flexibility index (Phi) is 6.30. The van der Waals surface area contributed by atoms with Gasteiger partial charge in [-0.1, -0.05) is 6.08 Å². The van der Waals surface area contributed by atoms with Gasteiger partial charge in [0.25, 0.3) is 6.43 Å². The molecular formula is C24H26F3N5O. The average molecular weight is 458 g/mol. The Morgan fingerprint density at radius 2 is 2.03 bits per heavy atom. The van der Waals surface area contributed by atoms with E-state index in [9.17, 15) is 13.2 Å². The van der Waals surface area contributed by atoms with E-state index >= 15 is 0 Å². The first-order valence-corrected chi connectivity index (χ1v) is 11.4. The number of fused-ring (bicyclic) bond motifs is 2. The third-order valence-corrected chi connectivity index (χ3v) is 6.34. The average Bonchev–Trinajstić information content (AvgIpc) is 3.19. The number of hydrogen-bond donors (Lipinski definition) is 1. The van der Waals surface area contributed by atoms with Crippen molar-refractivity contribution in [3.05, 3.63) is 59.6 Å². The number of allylic oxidation sites excluding steroid dienone is 1. The molecule has 0 radical (unpaired) electrons. The van der Waals surface area contributed by atoms with Gasteiger partial charge in [-0.05, 0) is 56.6 Å². The van der Waals surface area contributed by atoms with Gasteiger partial charge in [0.15, 0.2) is 11.5 Å². The number of nitrogens with one attached hydrogen (secondary N) is 1. The number of nitrogens with zero attached hydrogens (tertiary/aromatic N) is 4. The van der Waals surface area contributed by atoms with Crippen LogP contribution in [0.15, 0.2) is 36.9 Å². The third-order valence-electron chi connectivity index (χ3n) is 6.34. The Balaban J connectivity index is 1.31. The second-order valence-corrected chi connectivity index (χ2v) is 8.64. The summed E-state index contributed by atoms with van der Waals surface area (Å²) in [5.41, 5.74) is 3.86. The van der Waals surface area contributed by atoms with Gasteiger partial charge >= 0.3 is 0 Å². The summed E-state index contributed by atoms with van der Waals surface area (Å²) in [5.74, 6) is 0.208. The molecule has 2 aliphatic carbocycles. The molecule has 2 aliphatic rings. The summed E-state index contributed by atoms with van der Waals surface area (Å²) in [6.07, 6.45) is 12.4. The molecule has 0 atom stereocenters. The molecule has 5 rings (SSSR count). The summed E-state index contributed by atoms with van der Waals surface area (Å²) in [5, 5.41) is 3.40. The Morgan fingerprint density at radius 1 is 1.18 bits per heavy atom. The maximum Gasteiger partial charge on any atom is 0.261 e. The second-order valence-electron chi connectivity index (χ2n) is 8.64. The molecule has 33 heavy (non-hydrogen) atoms. The molecule has 3 aromatic rings. The zero-order chi connectivity index (χ0) is 22.8. The van der Waals surface area contributed by atoms with Crippen LogP contribution in [0, 0.1) is 5.82 Å². The molecule has 9 heteroatoms. The zero-order valence-corrected chi connectivity index (χ0v) is 18.2. The van der Waals surface area contributed by atoms with Crippen LogP contribution < -0.4 is 5.32 Å². The van der Waals surface area contributed by atoms with Crippen molar-refractivity contribution in [2.75, 3.05) is 11.9 Å². The first-order chi connectivity index (χ1) is 16.1. The van der Waals surface area contributed by atoms with Gasteiger partial charge in [-0.15, -0.1) is 0 Å². The standard InChI is InChI=1S/C24H26F3N5O/c25-20-11-15(13-32-10-9-28-23(20)32)18-3-1-2-4-21-19(18)12-29-24(31-21)30-16-5-7-17(8-6-16)33-14-22(26)27/h3,9-13,16-17,22H,1-2,4-8,14H2,(H,29,30,31). The van der Waals surface area contributed by atoms with Crippen LogP contribution in [-0.4, -0.2) is 44.5 Å². The van der Waals surface area contributed by atoms with Crippen molar-refractivity contribution in [1.82, 2.24) is 19.4 Å². The normalized spacial score (nSPS) is 21.0. The van der Waals surface area contributed by atoms with E-state index in [1.807, 2.05) is 12.4 Å². The number of ether oxygens (including phenoxy) is 1. The molecule has 3 aromatic heterocycles. The summed E-state index contributed by atoms with van der Waals surface area (Å²) >= 11 is 0. The number of pyridine rings is 1. The van der Waals surface area contributed by atoms with E-state index in [0.29, 0.717) is 11.6 Å². The van der Waals surface area contributed by atoms with E-state index in [2.05, 4.69) is 21.4 Å². The van der Waals surface area contributed by atoms with Crippen LogP contribution in [0.4, 0.5) is 19.1 Å². The lowest BCUT2D eigenvalue weighted by Crippen LogP contribution is -2.31. The summed E-state index contributed by atoms with van der Waals surface area (Å²) < 4.78 is 46.2. The smallest absolute Gasteiger partial charge is 0.261 e. The molecule has 0 spiro atoms. The predicted octanol–water partition coefficient (Wildman–Crippen LogP) is 5.04. The molecule has 0 unspecified atom stereocenters. The maximum absolute atomic E-state index is 14.6. The molecule has 3 heterocycles. The van der Waals surface area contributed by atoms with Crippen LogP contribution in [0.3, 0.4) is 0 Å².